The van der Waals surface area contributed by atoms with Gasteiger partial charge in [-0.3, -0.25) is 4.79 Å². The number of amides is 1. The molecule has 0 spiro atoms. The highest BCUT2D eigenvalue weighted by molar-refractivity contribution is 8.00. The molecule has 2 saturated heterocycles. The largest absolute Gasteiger partial charge is 0.366 e. The molecular weight excluding hydrogens is 272 g/mol. The molecule has 4 nitrogen and oxygen atoms in total. The average Bonchev–Trinajstić information content (AvgIpc) is 2.39. The van der Waals surface area contributed by atoms with Gasteiger partial charge in [0, 0.05) is 37.2 Å². The lowest BCUT2D eigenvalue weighted by Gasteiger charge is -2.37. The van der Waals surface area contributed by atoms with E-state index in [-0.39, 0.29) is 24.4 Å². The van der Waals surface area contributed by atoms with E-state index in [0.29, 0.717) is 24.3 Å². The van der Waals surface area contributed by atoms with Crippen LogP contribution in [-0.4, -0.2) is 60.7 Å². The number of hydrogen-bond donors (Lipinski definition) is 1. The molecule has 0 aromatic rings. The second kappa shape index (κ2) is 7.58. The lowest BCUT2D eigenvalue weighted by Crippen LogP contribution is -2.53. The van der Waals surface area contributed by atoms with Crippen LogP contribution in [0, 0.1) is 5.92 Å². The third-order valence-electron chi connectivity index (χ3n) is 3.35. The fraction of sp³-hybridized carbons (Fsp3) is 0.917. The summed E-state index contributed by atoms with van der Waals surface area (Å²) in [4.78, 5) is 14.3. The van der Waals surface area contributed by atoms with Gasteiger partial charge in [0.1, 0.15) is 6.10 Å². The standard InChI is InChI=1S/C12H22N2O2S.ClH/c1-9(2)11-8-14(4-6-17-11)12(15)10-7-13-3-5-16-10;/h9-11,13H,3-8H2,1-2H3;1H. The Bertz CT molecular complexity index is 273. The van der Waals surface area contributed by atoms with Crippen LogP contribution >= 0.6 is 24.2 Å². The summed E-state index contributed by atoms with van der Waals surface area (Å²) in [6, 6.07) is 0. The number of ether oxygens (including phenoxy) is 1. The topological polar surface area (TPSA) is 41.6 Å². The van der Waals surface area contributed by atoms with Crippen LogP contribution in [0.1, 0.15) is 13.8 Å². The van der Waals surface area contributed by atoms with Gasteiger partial charge in [-0.25, -0.2) is 0 Å². The Morgan fingerprint density at radius 3 is 2.89 bits per heavy atom. The SMILES string of the molecule is CC(C)C1CN(C(=O)C2CNCCO2)CCS1.Cl. The lowest BCUT2D eigenvalue weighted by molar-refractivity contribution is -0.145. The summed E-state index contributed by atoms with van der Waals surface area (Å²) in [6.45, 7) is 8.36. The third-order valence-corrected chi connectivity index (χ3v) is 4.89. The fourth-order valence-electron chi connectivity index (χ4n) is 2.21. The highest BCUT2D eigenvalue weighted by Crippen LogP contribution is 2.25. The van der Waals surface area contributed by atoms with Gasteiger partial charge in [0.2, 0.25) is 0 Å². The van der Waals surface area contributed by atoms with Crippen LogP contribution in [0.4, 0.5) is 0 Å². The molecule has 0 aliphatic carbocycles. The van der Waals surface area contributed by atoms with E-state index in [1.54, 1.807) is 0 Å². The minimum absolute atomic E-state index is 0. The van der Waals surface area contributed by atoms with Crippen molar-refractivity contribution in [1.29, 1.82) is 0 Å². The van der Waals surface area contributed by atoms with E-state index >= 15 is 0 Å². The number of nitrogens with zero attached hydrogens (tertiary/aromatic N) is 1. The van der Waals surface area contributed by atoms with Crippen molar-refractivity contribution in [3.63, 3.8) is 0 Å². The molecule has 2 fully saturated rings. The van der Waals surface area contributed by atoms with Gasteiger partial charge in [-0.1, -0.05) is 13.8 Å². The zero-order chi connectivity index (χ0) is 12.3. The molecule has 2 unspecified atom stereocenters. The van der Waals surface area contributed by atoms with Crippen molar-refractivity contribution in [2.75, 3.05) is 38.5 Å². The molecule has 0 saturated carbocycles. The Balaban J connectivity index is 0.00000162. The van der Waals surface area contributed by atoms with Crippen molar-refractivity contribution in [2.24, 2.45) is 5.92 Å². The Labute approximate surface area is 120 Å². The summed E-state index contributed by atoms with van der Waals surface area (Å²) < 4.78 is 5.53. The second-order valence-corrected chi connectivity index (χ2v) is 6.35. The molecule has 0 bridgehead atoms. The van der Waals surface area contributed by atoms with Crippen molar-refractivity contribution >= 4 is 30.1 Å². The molecule has 0 aromatic carbocycles. The number of rotatable bonds is 2. The van der Waals surface area contributed by atoms with Crippen LogP contribution in [0.15, 0.2) is 0 Å². The quantitative estimate of drug-likeness (QED) is 0.825. The number of carbonyl (C=O) groups is 1. The van der Waals surface area contributed by atoms with Gasteiger partial charge in [0.25, 0.3) is 5.91 Å². The molecule has 2 atom stereocenters. The second-order valence-electron chi connectivity index (χ2n) is 5.00. The third kappa shape index (κ3) is 4.02. The van der Waals surface area contributed by atoms with Crippen LogP contribution in [0.5, 0.6) is 0 Å². The maximum absolute atomic E-state index is 12.3. The summed E-state index contributed by atoms with van der Waals surface area (Å²) in [5.41, 5.74) is 0. The van der Waals surface area contributed by atoms with Gasteiger partial charge in [0.15, 0.2) is 0 Å². The van der Waals surface area contributed by atoms with Crippen LogP contribution in [0.2, 0.25) is 0 Å². The monoisotopic (exact) mass is 294 g/mol. The molecular formula is C12H23ClN2O2S. The average molecular weight is 295 g/mol. The van der Waals surface area contributed by atoms with E-state index in [9.17, 15) is 4.79 Å². The maximum atomic E-state index is 12.3. The van der Waals surface area contributed by atoms with Crippen molar-refractivity contribution in [2.45, 2.75) is 25.2 Å². The first-order chi connectivity index (χ1) is 8.18. The first-order valence-electron chi connectivity index (χ1n) is 6.41. The first kappa shape index (κ1) is 16.1. The molecule has 0 radical (unpaired) electrons. The molecule has 2 aliphatic heterocycles. The Morgan fingerprint density at radius 2 is 2.28 bits per heavy atom. The van der Waals surface area contributed by atoms with E-state index in [0.717, 1.165) is 25.4 Å². The smallest absolute Gasteiger partial charge is 0.253 e. The maximum Gasteiger partial charge on any atom is 0.253 e. The predicted octanol–water partition coefficient (Wildman–Crippen LogP) is 0.997. The summed E-state index contributed by atoms with van der Waals surface area (Å²) in [5, 5.41) is 3.78. The summed E-state index contributed by atoms with van der Waals surface area (Å²) in [7, 11) is 0. The van der Waals surface area contributed by atoms with Crippen molar-refractivity contribution in [3.05, 3.63) is 0 Å². The minimum atomic E-state index is -0.264. The summed E-state index contributed by atoms with van der Waals surface area (Å²) >= 11 is 1.99. The number of hydrogen-bond acceptors (Lipinski definition) is 4. The zero-order valence-corrected chi connectivity index (χ0v) is 12.7. The van der Waals surface area contributed by atoms with E-state index in [2.05, 4.69) is 19.2 Å². The molecule has 1 N–H and O–H groups in total. The number of thioether (sulfide) groups is 1. The molecule has 18 heavy (non-hydrogen) atoms. The van der Waals surface area contributed by atoms with Gasteiger partial charge in [-0.2, -0.15) is 11.8 Å². The number of carbonyl (C=O) groups excluding carboxylic acids is 1. The molecule has 0 aromatic heterocycles. The minimum Gasteiger partial charge on any atom is -0.366 e. The fourth-order valence-corrected chi connectivity index (χ4v) is 3.51. The lowest BCUT2D eigenvalue weighted by atomic mass is 10.1. The van der Waals surface area contributed by atoms with E-state index in [1.807, 2.05) is 16.7 Å². The molecule has 2 heterocycles. The highest BCUT2D eigenvalue weighted by atomic mass is 35.5. The summed E-state index contributed by atoms with van der Waals surface area (Å²) in [6.07, 6.45) is -0.264. The molecule has 2 rings (SSSR count). The van der Waals surface area contributed by atoms with Gasteiger partial charge in [0.05, 0.1) is 6.61 Å². The molecule has 2 aliphatic rings. The van der Waals surface area contributed by atoms with Crippen molar-refractivity contribution < 1.29 is 9.53 Å². The Morgan fingerprint density at radius 1 is 1.50 bits per heavy atom. The van der Waals surface area contributed by atoms with Gasteiger partial charge in [-0.05, 0) is 5.92 Å². The molecule has 106 valence electrons. The van der Waals surface area contributed by atoms with Crippen LogP contribution < -0.4 is 5.32 Å². The summed E-state index contributed by atoms with van der Waals surface area (Å²) in [5.74, 6) is 1.85. The number of morpholine rings is 1. The van der Waals surface area contributed by atoms with E-state index < -0.39 is 0 Å². The highest BCUT2D eigenvalue weighted by Gasteiger charge is 2.31. The van der Waals surface area contributed by atoms with Crippen molar-refractivity contribution in [3.8, 4) is 0 Å². The first-order valence-corrected chi connectivity index (χ1v) is 7.46. The normalized spacial score (nSPS) is 28.9. The Kier molecular flexibility index (Phi) is 6.77. The van der Waals surface area contributed by atoms with Gasteiger partial charge in [-0.15, -0.1) is 12.4 Å². The van der Waals surface area contributed by atoms with Crippen LogP contribution in [-0.2, 0) is 9.53 Å². The Hall–Kier alpha value is 0.0300. The molecule has 6 heteroatoms. The predicted molar refractivity (Wildman–Crippen MR) is 77.5 cm³/mol. The van der Waals surface area contributed by atoms with E-state index in [4.69, 9.17) is 4.74 Å². The zero-order valence-electron chi connectivity index (χ0n) is 11.1. The van der Waals surface area contributed by atoms with Gasteiger partial charge < -0.3 is 15.0 Å². The van der Waals surface area contributed by atoms with Gasteiger partial charge >= 0.3 is 0 Å². The van der Waals surface area contributed by atoms with Crippen molar-refractivity contribution in [1.82, 2.24) is 10.2 Å². The number of halogens is 1. The molecule has 1 amide bonds. The van der Waals surface area contributed by atoms with Crippen LogP contribution in [0.25, 0.3) is 0 Å². The van der Waals surface area contributed by atoms with Crippen LogP contribution in [0.3, 0.4) is 0 Å². The number of nitrogens with one attached hydrogen (secondary N) is 1. The van der Waals surface area contributed by atoms with E-state index in [1.165, 1.54) is 0 Å².